The van der Waals surface area contributed by atoms with Gasteiger partial charge in [0.25, 0.3) is 5.91 Å². The minimum Gasteiger partial charge on any atom is -0.341 e. The maximum Gasteiger partial charge on any atom is 0.325 e. The molecule has 7 nitrogen and oxygen atoms in total. The van der Waals surface area contributed by atoms with Gasteiger partial charge in [-0.2, -0.15) is 0 Å². The Morgan fingerprint density at radius 2 is 1.79 bits per heavy atom. The van der Waals surface area contributed by atoms with E-state index >= 15 is 0 Å². The Morgan fingerprint density at radius 1 is 1.21 bits per heavy atom. The summed E-state index contributed by atoms with van der Waals surface area (Å²) in [6.07, 6.45) is 4.98. The SMILES string of the molecule is CC(N)C1CCN(C(=O)C(C)N2C(=O)NC3(CCCC3)C2=O)CC1. The summed E-state index contributed by atoms with van der Waals surface area (Å²) in [5.74, 6) is 0.0656. The standard InChI is InChI=1S/C17H28N4O3/c1-11(18)13-5-9-20(10-6-13)14(22)12(2)21-15(23)17(19-16(21)24)7-3-4-8-17/h11-13H,3-10,18H2,1-2H3,(H,19,24). The number of carbonyl (C=O) groups excluding carboxylic acids is 3. The van der Waals surface area contributed by atoms with E-state index in [1.807, 2.05) is 6.92 Å². The number of rotatable bonds is 3. The maximum absolute atomic E-state index is 12.8. The van der Waals surface area contributed by atoms with E-state index in [0.29, 0.717) is 31.8 Å². The van der Waals surface area contributed by atoms with Gasteiger partial charge in [-0.25, -0.2) is 9.69 Å². The molecule has 3 fully saturated rings. The second kappa shape index (κ2) is 6.35. The summed E-state index contributed by atoms with van der Waals surface area (Å²) in [7, 11) is 0. The normalized spacial score (nSPS) is 26.8. The number of nitrogens with one attached hydrogen (secondary N) is 1. The van der Waals surface area contributed by atoms with Crippen LogP contribution in [-0.4, -0.2) is 58.4 Å². The van der Waals surface area contributed by atoms with Crippen molar-refractivity contribution in [2.45, 2.75) is 70.0 Å². The fourth-order valence-corrected chi connectivity index (χ4v) is 4.33. The Morgan fingerprint density at radius 3 is 2.33 bits per heavy atom. The van der Waals surface area contributed by atoms with Gasteiger partial charge in [-0.1, -0.05) is 12.8 Å². The third kappa shape index (κ3) is 2.79. The average molecular weight is 336 g/mol. The zero-order valence-electron chi connectivity index (χ0n) is 14.6. The van der Waals surface area contributed by atoms with Crippen molar-refractivity contribution in [1.29, 1.82) is 0 Å². The van der Waals surface area contributed by atoms with E-state index in [2.05, 4.69) is 5.32 Å². The van der Waals surface area contributed by atoms with Gasteiger partial charge in [0.15, 0.2) is 0 Å². The largest absolute Gasteiger partial charge is 0.341 e. The molecule has 24 heavy (non-hydrogen) atoms. The summed E-state index contributed by atoms with van der Waals surface area (Å²) in [6, 6.07) is -1.04. The number of nitrogens with two attached hydrogens (primary N) is 1. The van der Waals surface area contributed by atoms with Gasteiger partial charge in [0.05, 0.1) is 0 Å². The molecule has 2 saturated heterocycles. The van der Waals surface area contributed by atoms with Gasteiger partial charge in [-0.15, -0.1) is 0 Å². The van der Waals surface area contributed by atoms with Gasteiger partial charge in [0.2, 0.25) is 5.91 Å². The lowest BCUT2D eigenvalue weighted by Gasteiger charge is -2.36. The van der Waals surface area contributed by atoms with E-state index in [1.54, 1.807) is 11.8 Å². The van der Waals surface area contributed by atoms with Crippen LogP contribution in [-0.2, 0) is 9.59 Å². The molecule has 3 N–H and O–H groups in total. The molecular formula is C17H28N4O3. The number of likely N-dealkylation sites (tertiary alicyclic amines) is 1. The average Bonchev–Trinajstić information content (AvgIpc) is 3.12. The molecule has 4 amide bonds. The highest BCUT2D eigenvalue weighted by Gasteiger charge is 2.54. The molecule has 2 heterocycles. The first-order valence-corrected chi connectivity index (χ1v) is 9.06. The Kier molecular flexibility index (Phi) is 4.55. The molecule has 0 bridgehead atoms. The lowest BCUT2D eigenvalue weighted by atomic mass is 9.90. The van der Waals surface area contributed by atoms with Crippen LogP contribution in [0.25, 0.3) is 0 Å². The topological polar surface area (TPSA) is 95.7 Å². The first-order chi connectivity index (χ1) is 11.4. The first kappa shape index (κ1) is 17.2. The van der Waals surface area contributed by atoms with Crippen molar-refractivity contribution < 1.29 is 14.4 Å². The Bertz CT molecular complexity index is 534. The summed E-state index contributed by atoms with van der Waals surface area (Å²) < 4.78 is 0. The van der Waals surface area contributed by atoms with Gasteiger partial charge in [0.1, 0.15) is 11.6 Å². The number of amides is 4. The van der Waals surface area contributed by atoms with Gasteiger partial charge < -0.3 is 16.0 Å². The fraction of sp³-hybridized carbons (Fsp3) is 0.824. The lowest BCUT2D eigenvalue weighted by Crippen LogP contribution is -2.53. The van der Waals surface area contributed by atoms with Crippen LogP contribution in [0.5, 0.6) is 0 Å². The van der Waals surface area contributed by atoms with Crippen LogP contribution in [0.2, 0.25) is 0 Å². The number of carbonyl (C=O) groups is 3. The highest BCUT2D eigenvalue weighted by molar-refractivity contribution is 6.09. The van der Waals surface area contributed by atoms with E-state index in [1.165, 1.54) is 0 Å². The highest BCUT2D eigenvalue weighted by atomic mass is 16.2. The Labute approximate surface area is 142 Å². The maximum atomic E-state index is 12.8. The molecule has 0 aromatic rings. The number of urea groups is 1. The predicted octanol–water partition coefficient (Wildman–Crippen LogP) is 0.825. The van der Waals surface area contributed by atoms with Crippen molar-refractivity contribution in [3.8, 4) is 0 Å². The summed E-state index contributed by atoms with van der Waals surface area (Å²) in [5, 5.41) is 2.84. The zero-order valence-corrected chi connectivity index (χ0v) is 14.6. The summed E-state index contributed by atoms with van der Waals surface area (Å²) >= 11 is 0. The van der Waals surface area contributed by atoms with Crippen molar-refractivity contribution in [3.63, 3.8) is 0 Å². The number of hydrogen-bond acceptors (Lipinski definition) is 4. The molecule has 3 aliphatic rings. The van der Waals surface area contributed by atoms with Crippen molar-refractivity contribution in [2.24, 2.45) is 11.7 Å². The van der Waals surface area contributed by atoms with E-state index in [9.17, 15) is 14.4 Å². The molecule has 0 aromatic carbocycles. The van der Waals surface area contributed by atoms with Gasteiger partial charge in [-0.3, -0.25) is 9.59 Å². The quantitative estimate of drug-likeness (QED) is 0.746. The van der Waals surface area contributed by atoms with Crippen LogP contribution in [0.15, 0.2) is 0 Å². The van der Waals surface area contributed by atoms with Crippen molar-refractivity contribution >= 4 is 17.8 Å². The van der Waals surface area contributed by atoms with Crippen LogP contribution < -0.4 is 11.1 Å². The van der Waals surface area contributed by atoms with Gasteiger partial charge in [0, 0.05) is 19.1 Å². The molecule has 3 rings (SSSR count). The molecule has 7 heteroatoms. The van der Waals surface area contributed by atoms with Crippen LogP contribution >= 0.6 is 0 Å². The van der Waals surface area contributed by atoms with Crippen LogP contribution in [0.3, 0.4) is 0 Å². The number of imide groups is 1. The number of piperidine rings is 1. The zero-order chi connectivity index (χ0) is 17.5. The van der Waals surface area contributed by atoms with E-state index in [0.717, 1.165) is 30.6 Å². The summed E-state index contributed by atoms with van der Waals surface area (Å²) in [4.78, 5) is 40.8. The third-order valence-electron chi connectivity index (χ3n) is 5.99. The van der Waals surface area contributed by atoms with Crippen molar-refractivity contribution in [2.75, 3.05) is 13.1 Å². The number of hydrogen-bond donors (Lipinski definition) is 2. The van der Waals surface area contributed by atoms with E-state index in [4.69, 9.17) is 5.73 Å². The molecule has 2 atom stereocenters. The van der Waals surface area contributed by atoms with E-state index in [-0.39, 0.29) is 17.9 Å². The van der Waals surface area contributed by atoms with Gasteiger partial charge in [-0.05, 0) is 45.4 Å². The minimum atomic E-state index is -0.756. The second-order valence-corrected chi connectivity index (χ2v) is 7.59. The summed E-state index contributed by atoms with van der Waals surface area (Å²) in [5.41, 5.74) is 5.19. The monoisotopic (exact) mass is 336 g/mol. The predicted molar refractivity (Wildman–Crippen MR) is 89.0 cm³/mol. The molecule has 1 aliphatic carbocycles. The van der Waals surface area contributed by atoms with Crippen molar-refractivity contribution in [1.82, 2.24) is 15.1 Å². The lowest BCUT2D eigenvalue weighted by molar-refractivity contribution is -0.143. The Balaban J connectivity index is 1.66. The highest BCUT2D eigenvalue weighted by Crippen LogP contribution is 2.36. The molecule has 2 aliphatic heterocycles. The minimum absolute atomic E-state index is 0.132. The molecule has 1 saturated carbocycles. The smallest absolute Gasteiger partial charge is 0.325 e. The molecule has 0 aromatic heterocycles. The Hall–Kier alpha value is -1.63. The molecule has 1 spiro atoms. The second-order valence-electron chi connectivity index (χ2n) is 7.59. The van der Waals surface area contributed by atoms with Crippen molar-refractivity contribution in [3.05, 3.63) is 0 Å². The fourth-order valence-electron chi connectivity index (χ4n) is 4.33. The van der Waals surface area contributed by atoms with Crippen LogP contribution in [0, 0.1) is 5.92 Å². The van der Waals surface area contributed by atoms with E-state index < -0.39 is 17.6 Å². The van der Waals surface area contributed by atoms with Crippen LogP contribution in [0.4, 0.5) is 4.79 Å². The molecule has 2 unspecified atom stereocenters. The summed E-state index contributed by atoms with van der Waals surface area (Å²) in [6.45, 7) is 4.94. The third-order valence-corrected chi connectivity index (χ3v) is 5.99. The molecule has 0 radical (unpaired) electrons. The molecular weight excluding hydrogens is 308 g/mol. The van der Waals surface area contributed by atoms with Crippen LogP contribution in [0.1, 0.15) is 52.4 Å². The first-order valence-electron chi connectivity index (χ1n) is 9.06. The number of nitrogens with zero attached hydrogens (tertiary/aromatic N) is 2. The molecule has 134 valence electrons. The van der Waals surface area contributed by atoms with Gasteiger partial charge >= 0.3 is 6.03 Å².